The van der Waals surface area contributed by atoms with E-state index in [1.807, 2.05) is 12.1 Å². The van der Waals surface area contributed by atoms with Crippen LogP contribution in [0, 0.1) is 0 Å². The van der Waals surface area contributed by atoms with Crippen LogP contribution < -0.4 is 5.32 Å². The molecule has 0 saturated heterocycles. The van der Waals surface area contributed by atoms with Gasteiger partial charge in [-0.05, 0) is 36.5 Å². The number of hydrogen-bond donors (Lipinski definition) is 1. The molecule has 15 heavy (non-hydrogen) atoms. The van der Waals surface area contributed by atoms with Gasteiger partial charge in [-0.1, -0.05) is 0 Å². The smallest absolute Gasteiger partial charge is 0.232 e. The van der Waals surface area contributed by atoms with Crippen molar-refractivity contribution in [3.8, 4) is 0 Å². The Kier molecular flexibility index (Phi) is 2.76. The van der Waals surface area contributed by atoms with Gasteiger partial charge in [0, 0.05) is 11.9 Å². The maximum atomic E-state index is 11.1. The molecule has 4 nitrogen and oxygen atoms in total. The van der Waals surface area contributed by atoms with E-state index < -0.39 is 0 Å². The van der Waals surface area contributed by atoms with Crippen LogP contribution in [-0.2, 0) is 16.0 Å². The first kappa shape index (κ1) is 9.83. The fraction of sp³-hybridized carbons (Fsp3) is 0.364. The highest BCUT2D eigenvalue weighted by Crippen LogP contribution is 2.39. The first-order valence-corrected chi connectivity index (χ1v) is 4.97. The summed E-state index contributed by atoms with van der Waals surface area (Å²) in [6, 6.07) is 3.93. The summed E-state index contributed by atoms with van der Waals surface area (Å²) in [6.45, 7) is 0. The quantitative estimate of drug-likeness (QED) is 0.737. The summed E-state index contributed by atoms with van der Waals surface area (Å²) in [4.78, 5) is 25.3. The lowest BCUT2D eigenvalue weighted by Gasteiger charge is -2.01. The minimum Gasteiger partial charge on any atom is -0.299 e. The van der Waals surface area contributed by atoms with Crippen LogP contribution >= 0.6 is 0 Å². The number of rotatable bonds is 4. The Morgan fingerprint density at radius 1 is 1.60 bits per heavy atom. The van der Waals surface area contributed by atoms with Crippen molar-refractivity contribution < 1.29 is 9.59 Å². The molecule has 1 fully saturated rings. The number of nitrogens with zero attached hydrogens (tertiary/aromatic N) is 1. The van der Waals surface area contributed by atoms with E-state index >= 15 is 0 Å². The third-order valence-electron chi connectivity index (χ3n) is 2.45. The van der Waals surface area contributed by atoms with Gasteiger partial charge in [-0.2, -0.15) is 0 Å². The Morgan fingerprint density at radius 3 is 3.07 bits per heavy atom. The molecule has 1 aliphatic carbocycles. The van der Waals surface area contributed by atoms with Crippen LogP contribution in [0.2, 0.25) is 0 Å². The second kappa shape index (κ2) is 4.21. The van der Waals surface area contributed by atoms with Gasteiger partial charge in [0.15, 0.2) is 0 Å². The van der Waals surface area contributed by atoms with Gasteiger partial charge < -0.3 is 0 Å². The van der Waals surface area contributed by atoms with Crippen molar-refractivity contribution in [1.82, 2.24) is 10.3 Å². The number of aromatic nitrogens is 1. The highest BCUT2D eigenvalue weighted by molar-refractivity contribution is 5.87. The first-order valence-electron chi connectivity index (χ1n) is 4.97. The fourth-order valence-corrected chi connectivity index (χ4v) is 1.55. The van der Waals surface area contributed by atoms with Gasteiger partial charge in [0.2, 0.25) is 12.3 Å². The lowest BCUT2D eigenvalue weighted by atomic mass is 10.1. The molecular formula is C11H12N2O2. The van der Waals surface area contributed by atoms with Gasteiger partial charge in [-0.3, -0.25) is 19.9 Å². The Morgan fingerprint density at radius 2 is 2.40 bits per heavy atom. The Balaban J connectivity index is 2.04. The van der Waals surface area contributed by atoms with Crippen molar-refractivity contribution in [2.75, 3.05) is 0 Å². The van der Waals surface area contributed by atoms with Gasteiger partial charge in [0.25, 0.3) is 0 Å². The molecular weight excluding hydrogens is 192 g/mol. The third-order valence-corrected chi connectivity index (χ3v) is 2.45. The number of imide groups is 1. The number of nitrogens with one attached hydrogen (secondary N) is 1. The number of carbonyl (C=O) groups is 2. The van der Waals surface area contributed by atoms with Crippen LogP contribution in [0.3, 0.4) is 0 Å². The third kappa shape index (κ3) is 2.62. The zero-order valence-electron chi connectivity index (χ0n) is 8.27. The molecule has 0 aromatic carbocycles. The van der Waals surface area contributed by atoms with Crippen LogP contribution in [0.5, 0.6) is 0 Å². The van der Waals surface area contributed by atoms with Crippen LogP contribution in [0.25, 0.3) is 0 Å². The summed E-state index contributed by atoms with van der Waals surface area (Å²) in [7, 11) is 0. The van der Waals surface area contributed by atoms with Crippen LogP contribution in [-0.4, -0.2) is 17.3 Å². The normalized spacial score (nSPS) is 14.7. The maximum Gasteiger partial charge on any atom is 0.232 e. The zero-order valence-corrected chi connectivity index (χ0v) is 8.27. The minimum absolute atomic E-state index is 0.166. The van der Waals surface area contributed by atoms with E-state index in [1.165, 1.54) is 18.4 Å². The molecule has 4 heteroatoms. The molecule has 2 amide bonds. The minimum atomic E-state index is -0.314. The Labute approximate surface area is 87.7 Å². The summed E-state index contributed by atoms with van der Waals surface area (Å²) in [6.07, 6.45) is 4.73. The van der Waals surface area contributed by atoms with Gasteiger partial charge in [0.05, 0.1) is 6.42 Å². The fourth-order valence-electron chi connectivity index (χ4n) is 1.55. The second-order valence-electron chi connectivity index (χ2n) is 3.72. The lowest BCUT2D eigenvalue weighted by molar-refractivity contribution is -0.124. The lowest BCUT2D eigenvalue weighted by Crippen LogP contribution is -2.23. The van der Waals surface area contributed by atoms with Crippen molar-refractivity contribution >= 4 is 12.3 Å². The van der Waals surface area contributed by atoms with Gasteiger partial charge in [0.1, 0.15) is 0 Å². The molecule has 78 valence electrons. The standard InChI is InChI=1S/C11H12N2O2/c14-7-13-11(15)6-10-5-9(3-4-12-10)8-1-2-8/h3-5,7-8H,1-2,6H2,(H,13,14,15). The van der Waals surface area contributed by atoms with Gasteiger partial charge >= 0.3 is 0 Å². The summed E-state index contributed by atoms with van der Waals surface area (Å²) < 4.78 is 0. The molecule has 1 N–H and O–H groups in total. The van der Waals surface area contributed by atoms with Crippen molar-refractivity contribution in [3.05, 3.63) is 29.6 Å². The highest BCUT2D eigenvalue weighted by Gasteiger charge is 2.23. The average Bonchev–Trinajstić information content (AvgIpc) is 3.01. The molecule has 0 aliphatic heterocycles. The van der Waals surface area contributed by atoms with E-state index in [0.29, 0.717) is 12.3 Å². The monoisotopic (exact) mass is 204 g/mol. The van der Waals surface area contributed by atoms with Crippen molar-refractivity contribution in [1.29, 1.82) is 0 Å². The summed E-state index contributed by atoms with van der Waals surface area (Å²) in [5.74, 6) is 0.339. The Hall–Kier alpha value is -1.71. The van der Waals surface area contributed by atoms with E-state index in [9.17, 15) is 9.59 Å². The summed E-state index contributed by atoms with van der Waals surface area (Å²) in [5, 5.41) is 2.10. The number of pyridine rings is 1. The molecule has 1 aliphatic rings. The first-order chi connectivity index (χ1) is 7.29. The topological polar surface area (TPSA) is 59.1 Å². The average molecular weight is 204 g/mol. The SMILES string of the molecule is O=CNC(=O)Cc1cc(C2CC2)ccn1. The van der Waals surface area contributed by atoms with Crippen LogP contribution in [0.4, 0.5) is 0 Å². The maximum absolute atomic E-state index is 11.1. The Bertz CT molecular complexity index is 386. The van der Waals surface area contributed by atoms with E-state index in [4.69, 9.17) is 0 Å². The number of carbonyl (C=O) groups excluding carboxylic acids is 2. The molecule has 2 rings (SSSR count). The molecule has 1 heterocycles. The molecule has 0 unspecified atom stereocenters. The largest absolute Gasteiger partial charge is 0.299 e. The molecule has 0 spiro atoms. The molecule has 0 atom stereocenters. The predicted molar refractivity (Wildman–Crippen MR) is 54.1 cm³/mol. The van der Waals surface area contributed by atoms with Crippen molar-refractivity contribution in [3.63, 3.8) is 0 Å². The predicted octanol–water partition coefficient (Wildman–Crippen LogP) is 0.774. The molecule has 1 aromatic rings. The summed E-state index contributed by atoms with van der Waals surface area (Å²) >= 11 is 0. The molecule has 0 bridgehead atoms. The van der Waals surface area contributed by atoms with E-state index in [2.05, 4.69) is 10.3 Å². The number of hydrogen-bond acceptors (Lipinski definition) is 3. The van der Waals surface area contributed by atoms with Crippen molar-refractivity contribution in [2.45, 2.75) is 25.2 Å². The summed E-state index contributed by atoms with van der Waals surface area (Å²) in [5.41, 5.74) is 1.97. The van der Waals surface area contributed by atoms with Crippen LogP contribution in [0.15, 0.2) is 18.3 Å². The van der Waals surface area contributed by atoms with Gasteiger partial charge in [-0.25, -0.2) is 0 Å². The van der Waals surface area contributed by atoms with Crippen LogP contribution in [0.1, 0.15) is 30.0 Å². The molecule has 1 aromatic heterocycles. The van der Waals surface area contributed by atoms with Gasteiger partial charge in [-0.15, -0.1) is 0 Å². The van der Waals surface area contributed by atoms with Crippen molar-refractivity contribution in [2.24, 2.45) is 0 Å². The van der Waals surface area contributed by atoms with E-state index in [0.717, 1.165) is 5.69 Å². The molecule has 0 radical (unpaired) electrons. The van der Waals surface area contributed by atoms with E-state index in [1.54, 1.807) is 6.20 Å². The molecule has 1 saturated carbocycles. The second-order valence-corrected chi connectivity index (χ2v) is 3.72. The zero-order chi connectivity index (χ0) is 10.7. The van der Waals surface area contributed by atoms with E-state index in [-0.39, 0.29) is 12.3 Å². The number of amides is 2. The highest BCUT2D eigenvalue weighted by atomic mass is 16.2.